The Balaban J connectivity index is 1.26. The second-order valence-corrected chi connectivity index (χ2v) is 9.94. The van der Waals surface area contributed by atoms with Gasteiger partial charge in [0.25, 0.3) is 0 Å². The Hall–Kier alpha value is -4.11. The molecule has 36 heavy (non-hydrogen) atoms. The normalized spacial score (nSPS) is 18.7. The molecule has 0 radical (unpaired) electrons. The third kappa shape index (κ3) is 3.16. The fourth-order valence-corrected chi connectivity index (χ4v) is 6.03. The third-order valence-corrected chi connectivity index (χ3v) is 8.02. The Morgan fingerprint density at radius 1 is 1.00 bits per heavy atom. The van der Waals surface area contributed by atoms with Crippen molar-refractivity contribution in [3.63, 3.8) is 0 Å². The van der Waals surface area contributed by atoms with Crippen LogP contribution in [0.15, 0.2) is 55.1 Å². The number of piperidine rings is 1. The molecule has 1 saturated heterocycles. The van der Waals surface area contributed by atoms with Gasteiger partial charge >= 0.3 is 0 Å². The van der Waals surface area contributed by atoms with Crippen LogP contribution in [0.4, 0.5) is 5.82 Å². The predicted molar refractivity (Wildman–Crippen MR) is 138 cm³/mol. The van der Waals surface area contributed by atoms with Gasteiger partial charge in [-0.25, -0.2) is 15.0 Å². The van der Waals surface area contributed by atoms with Gasteiger partial charge in [0.1, 0.15) is 11.3 Å². The maximum atomic E-state index is 6.78. The molecule has 1 aliphatic heterocycles. The van der Waals surface area contributed by atoms with Gasteiger partial charge in [0.05, 0.1) is 17.1 Å². The summed E-state index contributed by atoms with van der Waals surface area (Å²) in [5.74, 6) is 0.886. The zero-order chi connectivity index (χ0) is 24.3. The van der Waals surface area contributed by atoms with E-state index in [2.05, 4.69) is 36.1 Å². The van der Waals surface area contributed by atoms with Gasteiger partial charge in [0.15, 0.2) is 5.82 Å². The van der Waals surface area contributed by atoms with Crippen molar-refractivity contribution in [3.05, 3.63) is 72.1 Å². The van der Waals surface area contributed by atoms with E-state index in [9.17, 15) is 0 Å². The van der Waals surface area contributed by atoms with E-state index in [0.29, 0.717) is 0 Å². The van der Waals surface area contributed by atoms with Crippen molar-refractivity contribution in [1.82, 2.24) is 35.1 Å². The molecule has 6 heterocycles. The Labute approximate surface area is 208 Å². The number of aryl methyl sites for hydroxylation is 1. The third-order valence-electron chi connectivity index (χ3n) is 8.02. The number of nitrogens with zero attached hydrogens (tertiary/aromatic N) is 6. The van der Waals surface area contributed by atoms with Crippen LogP contribution in [0.2, 0.25) is 0 Å². The summed E-state index contributed by atoms with van der Waals surface area (Å²) in [6, 6.07) is 10.1. The summed E-state index contributed by atoms with van der Waals surface area (Å²) >= 11 is 0. The second kappa shape index (κ2) is 7.96. The maximum absolute atomic E-state index is 6.78. The van der Waals surface area contributed by atoms with Gasteiger partial charge in [-0.3, -0.25) is 10.1 Å². The number of hydrogen-bond donors (Lipinski definition) is 3. The van der Waals surface area contributed by atoms with Crippen LogP contribution in [0.3, 0.4) is 0 Å². The summed E-state index contributed by atoms with van der Waals surface area (Å²) in [5.41, 5.74) is 14.5. The summed E-state index contributed by atoms with van der Waals surface area (Å²) in [4.78, 5) is 24.9. The van der Waals surface area contributed by atoms with Crippen LogP contribution < -0.4 is 10.6 Å². The van der Waals surface area contributed by atoms with Crippen LogP contribution in [-0.4, -0.2) is 48.2 Å². The lowest BCUT2D eigenvalue weighted by Gasteiger charge is -2.42. The molecule has 5 aromatic heterocycles. The molecule has 0 saturated carbocycles. The minimum Gasteiger partial charge on any atom is -0.355 e. The fourth-order valence-electron chi connectivity index (χ4n) is 6.03. The first kappa shape index (κ1) is 21.2. The summed E-state index contributed by atoms with van der Waals surface area (Å²) in [7, 11) is 0. The summed E-state index contributed by atoms with van der Waals surface area (Å²) in [6.07, 6.45) is 10.3. The van der Waals surface area contributed by atoms with E-state index in [0.717, 1.165) is 83.2 Å². The summed E-state index contributed by atoms with van der Waals surface area (Å²) in [6.45, 7) is 3.77. The Kier molecular flexibility index (Phi) is 4.69. The molecule has 1 atom stereocenters. The molecule has 180 valence electrons. The maximum Gasteiger partial charge on any atom is 0.157 e. The molecule has 0 unspecified atom stereocenters. The van der Waals surface area contributed by atoms with Crippen molar-refractivity contribution >= 4 is 16.9 Å². The molecule has 5 aromatic rings. The van der Waals surface area contributed by atoms with Crippen molar-refractivity contribution in [2.45, 2.75) is 32.2 Å². The first-order chi connectivity index (χ1) is 17.6. The van der Waals surface area contributed by atoms with Crippen LogP contribution in [0.25, 0.3) is 33.7 Å². The number of aromatic nitrogens is 7. The Morgan fingerprint density at radius 3 is 2.69 bits per heavy atom. The number of nitrogens with one attached hydrogen (secondary N) is 2. The van der Waals surface area contributed by atoms with Crippen molar-refractivity contribution in [2.24, 2.45) is 11.1 Å². The van der Waals surface area contributed by atoms with E-state index in [4.69, 9.17) is 15.7 Å². The van der Waals surface area contributed by atoms with E-state index < -0.39 is 0 Å². The molecule has 0 aromatic carbocycles. The number of fused-ring (bicyclic) bond motifs is 2. The van der Waals surface area contributed by atoms with E-state index >= 15 is 0 Å². The molecule has 1 aliphatic carbocycles. The van der Waals surface area contributed by atoms with Gasteiger partial charge in [-0.15, -0.1) is 0 Å². The Bertz CT molecular complexity index is 1560. The van der Waals surface area contributed by atoms with Crippen LogP contribution in [0.1, 0.15) is 35.8 Å². The molecule has 1 spiro atoms. The van der Waals surface area contributed by atoms with Crippen LogP contribution >= 0.6 is 0 Å². The van der Waals surface area contributed by atoms with E-state index in [1.54, 1.807) is 12.4 Å². The molecular weight excluding hydrogens is 450 g/mol. The second-order valence-electron chi connectivity index (χ2n) is 9.94. The van der Waals surface area contributed by atoms with E-state index in [1.807, 2.05) is 43.6 Å². The number of hydrogen-bond acceptors (Lipinski definition) is 7. The number of H-pyrrole nitrogens is 2. The highest BCUT2D eigenvalue weighted by molar-refractivity contribution is 5.93. The standard InChI is InChI=1S/C27H27N9/c1-16-22(17-4-10-30-25-18(17)5-11-31-25)34-23(20-6-12-32-35-20)26(33-16)36-13-7-27(8-14-36)15-21-19(24(27)28)3-2-9-29-21/h2-6,9-12,24H,7-8,13-15,28H2,1H3,(H,30,31)(H,32,35)/t24-/m1/s1. The van der Waals surface area contributed by atoms with Gasteiger partial charge in [-0.1, -0.05) is 6.07 Å². The number of pyridine rings is 2. The molecule has 1 fully saturated rings. The van der Waals surface area contributed by atoms with Crippen molar-refractivity contribution in [2.75, 3.05) is 18.0 Å². The predicted octanol–water partition coefficient (Wildman–Crippen LogP) is 3.96. The average Bonchev–Trinajstić information content (AvgIpc) is 3.66. The molecule has 0 bridgehead atoms. The van der Waals surface area contributed by atoms with Crippen LogP contribution in [-0.2, 0) is 6.42 Å². The monoisotopic (exact) mass is 477 g/mol. The zero-order valence-electron chi connectivity index (χ0n) is 20.1. The van der Waals surface area contributed by atoms with E-state index in [1.165, 1.54) is 5.56 Å². The summed E-state index contributed by atoms with van der Waals surface area (Å²) < 4.78 is 0. The highest BCUT2D eigenvalue weighted by Crippen LogP contribution is 2.50. The minimum absolute atomic E-state index is 0.0288. The van der Waals surface area contributed by atoms with Gasteiger partial charge in [0, 0.05) is 60.6 Å². The van der Waals surface area contributed by atoms with Gasteiger partial charge in [0.2, 0.25) is 0 Å². The van der Waals surface area contributed by atoms with Crippen molar-refractivity contribution in [1.29, 1.82) is 0 Å². The molecular formula is C27H27N9. The van der Waals surface area contributed by atoms with E-state index in [-0.39, 0.29) is 11.5 Å². The fraction of sp³-hybridized carbons (Fsp3) is 0.296. The molecule has 4 N–H and O–H groups in total. The van der Waals surface area contributed by atoms with Crippen LogP contribution in [0, 0.1) is 12.3 Å². The Morgan fingerprint density at radius 2 is 1.89 bits per heavy atom. The highest BCUT2D eigenvalue weighted by atomic mass is 15.2. The molecule has 0 amide bonds. The molecule has 9 nitrogen and oxygen atoms in total. The molecule has 7 rings (SSSR count). The van der Waals surface area contributed by atoms with Gasteiger partial charge < -0.3 is 15.6 Å². The van der Waals surface area contributed by atoms with Crippen molar-refractivity contribution < 1.29 is 0 Å². The van der Waals surface area contributed by atoms with Gasteiger partial charge in [-0.05, 0) is 61.4 Å². The van der Waals surface area contributed by atoms with Crippen molar-refractivity contribution in [3.8, 4) is 22.6 Å². The quantitative estimate of drug-likeness (QED) is 0.359. The lowest BCUT2D eigenvalue weighted by atomic mass is 9.73. The number of nitrogens with two attached hydrogens (primary N) is 1. The number of aromatic amines is 2. The zero-order valence-corrected chi connectivity index (χ0v) is 20.1. The van der Waals surface area contributed by atoms with Gasteiger partial charge in [-0.2, -0.15) is 5.10 Å². The SMILES string of the molecule is Cc1nc(N2CCC3(CC2)Cc2ncccc2[C@H]3N)c(-c2ccn[nH]2)nc1-c1ccnc2[nH]ccc12. The molecule has 2 aliphatic rings. The number of rotatable bonds is 3. The largest absolute Gasteiger partial charge is 0.355 e. The minimum atomic E-state index is 0.0288. The summed E-state index contributed by atoms with van der Waals surface area (Å²) in [5, 5.41) is 8.33. The lowest BCUT2D eigenvalue weighted by Crippen LogP contribution is -2.45. The first-order valence-electron chi connectivity index (χ1n) is 12.4. The first-order valence-corrected chi connectivity index (χ1v) is 12.4. The van der Waals surface area contributed by atoms with Crippen LogP contribution in [0.5, 0.6) is 0 Å². The lowest BCUT2D eigenvalue weighted by molar-refractivity contribution is 0.186. The average molecular weight is 478 g/mol. The molecule has 9 heteroatoms. The number of anilines is 1. The smallest absolute Gasteiger partial charge is 0.157 e. The topological polar surface area (TPSA) is 125 Å². The highest BCUT2D eigenvalue weighted by Gasteiger charge is 2.47.